The summed E-state index contributed by atoms with van der Waals surface area (Å²) in [6.45, 7) is 2.44. The molecule has 23 heavy (non-hydrogen) atoms. The molecule has 0 radical (unpaired) electrons. The Kier molecular flexibility index (Phi) is 5.12. The van der Waals surface area contributed by atoms with Gasteiger partial charge in [0.25, 0.3) is 0 Å². The fourth-order valence-corrected chi connectivity index (χ4v) is 3.38. The first kappa shape index (κ1) is 15.8. The van der Waals surface area contributed by atoms with Crippen molar-refractivity contribution >= 4 is 28.6 Å². The third-order valence-corrected chi connectivity index (χ3v) is 4.78. The van der Waals surface area contributed by atoms with Gasteiger partial charge in [0, 0.05) is 18.0 Å². The smallest absolute Gasteiger partial charge is 0.239 e. The number of thiophene rings is 1. The molecule has 122 valence electrons. The number of carbonyl (C=O) groups excluding carboxylic acids is 1. The van der Waals surface area contributed by atoms with E-state index >= 15 is 0 Å². The molecule has 1 saturated heterocycles. The van der Waals surface area contributed by atoms with E-state index in [1.54, 1.807) is 17.4 Å². The topological polar surface area (TPSA) is 44.4 Å². The van der Waals surface area contributed by atoms with Gasteiger partial charge in [0.05, 0.1) is 24.5 Å². The quantitative estimate of drug-likeness (QED) is 0.853. The van der Waals surface area contributed by atoms with Gasteiger partial charge in [-0.05, 0) is 36.4 Å². The molecule has 0 unspecified atom stereocenters. The van der Waals surface area contributed by atoms with Gasteiger partial charge >= 0.3 is 0 Å². The van der Waals surface area contributed by atoms with Gasteiger partial charge in [-0.25, -0.2) is 4.39 Å². The van der Waals surface area contributed by atoms with E-state index < -0.39 is 0 Å². The van der Waals surface area contributed by atoms with Crippen molar-refractivity contribution in [1.29, 1.82) is 0 Å². The lowest BCUT2D eigenvalue weighted by Gasteiger charge is -2.22. The zero-order chi connectivity index (χ0) is 16.1. The Balaban J connectivity index is 1.59. The summed E-state index contributed by atoms with van der Waals surface area (Å²) in [5.74, 6) is -0.463. The Morgan fingerprint density at radius 2 is 2.04 bits per heavy atom. The van der Waals surface area contributed by atoms with Gasteiger partial charge in [-0.3, -0.25) is 4.79 Å². The largest absolute Gasteiger partial charge is 0.372 e. The summed E-state index contributed by atoms with van der Waals surface area (Å²) in [5.41, 5.74) is 1.26. The highest BCUT2D eigenvalue weighted by atomic mass is 32.1. The van der Waals surface area contributed by atoms with Gasteiger partial charge in [0.2, 0.25) is 5.91 Å². The second-order valence-electron chi connectivity index (χ2n) is 5.54. The average Bonchev–Trinajstić information content (AvgIpc) is 3.24. The molecule has 3 rings (SSSR count). The fourth-order valence-electron chi connectivity index (χ4n) is 2.74. The molecule has 0 saturated carbocycles. The molecule has 6 heteroatoms. The predicted molar refractivity (Wildman–Crippen MR) is 92.5 cm³/mol. The van der Waals surface area contributed by atoms with Crippen LogP contribution in [0.2, 0.25) is 0 Å². The maximum atomic E-state index is 14.1. The van der Waals surface area contributed by atoms with E-state index in [1.807, 2.05) is 23.6 Å². The molecule has 0 bridgehead atoms. The number of halogens is 1. The van der Waals surface area contributed by atoms with Crippen LogP contribution in [0.5, 0.6) is 0 Å². The fraction of sp³-hybridized carbons (Fsp3) is 0.353. The maximum absolute atomic E-state index is 14.1. The summed E-state index contributed by atoms with van der Waals surface area (Å²) in [4.78, 5) is 15.2. The number of nitrogens with one attached hydrogen (secondary N) is 2. The Bertz CT molecular complexity index is 654. The van der Waals surface area contributed by atoms with Gasteiger partial charge in [-0.15, -0.1) is 11.3 Å². The molecule has 1 fully saturated rings. The standard InChI is InChI=1S/C17H20FN3OS/c18-14-6-3-7-15(21-8-1-2-9-21)17(14)20-12-16(22)19-11-13-5-4-10-23-13/h3-7,10,20H,1-2,8-9,11-12H2,(H,19,22). The van der Waals surface area contributed by atoms with Crippen LogP contribution >= 0.6 is 11.3 Å². The van der Waals surface area contributed by atoms with Gasteiger partial charge in [0.1, 0.15) is 5.82 Å². The highest BCUT2D eigenvalue weighted by Gasteiger charge is 2.18. The van der Waals surface area contributed by atoms with E-state index in [2.05, 4.69) is 15.5 Å². The predicted octanol–water partition coefficient (Wildman–Crippen LogP) is 3.22. The van der Waals surface area contributed by atoms with Crippen LogP contribution in [0.15, 0.2) is 35.7 Å². The first-order chi connectivity index (χ1) is 11.2. The average molecular weight is 333 g/mol. The van der Waals surface area contributed by atoms with Crippen molar-refractivity contribution in [2.75, 3.05) is 29.9 Å². The molecule has 2 aromatic rings. The molecule has 0 atom stereocenters. The lowest BCUT2D eigenvalue weighted by molar-refractivity contribution is -0.119. The van der Waals surface area contributed by atoms with Crippen molar-refractivity contribution < 1.29 is 9.18 Å². The molecule has 2 heterocycles. The lowest BCUT2D eigenvalue weighted by atomic mass is 10.2. The minimum Gasteiger partial charge on any atom is -0.372 e. The Morgan fingerprint density at radius 3 is 2.78 bits per heavy atom. The van der Waals surface area contributed by atoms with Gasteiger partial charge < -0.3 is 15.5 Å². The van der Waals surface area contributed by atoms with Crippen molar-refractivity contribution in [3.63, 3.8) is 0 Å². The van der Waals surface area contributed by atoms with E-state index in [1.165, 1.54) is 6.07 Å². The van der Waals surface area contributed by atoms with Crippen molar-refractivity contribution in [2.24, 2.45) is 0 Å². The van der Waals surface area contributed by atoms with Crippen molar-refractivity contribution in [1.82, 2.24) is 5.32 Å². The summed E-state index contributed by atoms with van der Waals surface area (Å²) in [5, 5.41) is 7.77. The van der Waals surface area contributed by atoms with E-state index in [9.17, 15) is 9.18 Å². The molecule has 1 aromatic heterocycles. The Morgan fingerprint density at radius 1 is 1.22 bits per heavy atom. The van der Waals surface area contributed by atoms with Gasteiger partial charge in [-0.1, -0.05) is 12.1 Å². The zero-order valence-electron chi connectivity index (χ0n) is 12.8. The summed E-state index contributed by atoms with van der Waals surface area (Å²) in [6.07, 6.45) is 2.24. The number of hydrogen-bond donors (Lipinski definition) is 2. The van der Waals surface area contributed by atoms with Crippen LogP contribution in [0.1, 0.15) is 17.7 Å². The number of carbonyl (C=O) groups is 1. The second kappa shape index (κ2) is 7.46. The van der Waals surface area contributed by atoms with Crippen LogP contribution in [0.25, 0.3) is 0 Å². The van der Waals surface area contributed by atoms with Crippen molar-refractivity contribution in [3.8, 4) is 0 Å². The number of nitrogens with zero attached hydrogens (tertiary/aromatic N) is 1. The Labute approximate surface area is 139 Å². The highest BCUT2D eigenvalue weighted by Crippen LogP contribution is 2.30. The molecule has 4 nitrogen and oxygen atoms in total. The SMILES string of the molecule is O=C(CNc1c(F)cccc1N1CCCC1)NCc1cccs1. The van der Waals surface area contributed by atoms with Gasteiger partial charge in [0.15, 0.2) is 0 Å². The van der Waals surface area contributed by atoms with Crippen LogP contribution in [-0.2, 0) is 11.3 Å². The van der Waals surface area contributed by atoms with E-state index in [4.69, 9.17) is 0 Å². The van der Waals surface area contributed by atoms with Gasteiger partial charge in [-0.2, -0.15) is 0 Å². The van der Waals surface area contributed by atoms with Crippen LogP contribution in [0.4, 0.5) is 15.8 Å². The maximum Gasteiger partial charge on any atom is 0.239 e. The van der Waals surface area contributed by atoms with E-state index in [0.717, 1.165) is 36.5 Å². The van der Waals surface area contributed by atoms with Crippen molar-refractivity contribution in [2.45, 2.75) is 19.4 Å². The molecule has 1 amide bonds. The molecule has 2 N–H and O–H groups in total. The lowest BCUT2D eigenvalue weighted by Crippen LogP contribution is -2.30. The first-order valence-electron chi connectivity index (χ1n) is 7.80. The molecule has 1 aliphatic heterocycles. The molecular formula is C17H20FN3OS. The number of hydrogen-bond acceptors (Lipinski definition) is 4. The minimum absolute atomic E-state index is 0.0626. The third kappa shape index (κ3) is 4.01. The number of amides is 1. The molecule has 0 spiro atoms. The molecule has 0 aliphatic carbocycles. The van der Waals surface area contributed by atoms with E-state index in [0.29, 0.717) is 12.2 Å². The summed E-state index contributed by atoms with van der Waals surface area (Å²) in [6, 6.07) is 8.96. The number of rotatable bonds is 6. The first-order valence-corrected chi connectivity index (χ1v) is 8.68. The normalized spacial score (nSPS) is 14.0. The monoisotopic (exact) mass is 333 g/mol. The summed E-state index contributed by atoms with van der Waals surface area (Å²) < 4.78 is 14.1. The van der Waals surface area contributed by atoms with E-state index in [-0.39, 0.29) is 18.3 Å². The molecule has 1 aliphatic rings. The molecular weight excluding hydrogens is 313 g/mol. The summed E-state index contributed by atoms with van der Waals surface area (Å²) in [7, 11) is 0. The highest BCUT2D eigenvalue weighted by molar-refractivity contribution is 7.09. The second-order valence-corrected chi connectivity index (χ2v) is 6.57. The number of benzene rings is 1. The van der Waals surface area contributed by atoms with Crippen LogP contribution in [0.3, 0.4) is 0 Å². The molecule has 1 aromatic carbocycles. The number of anilines is 2. The van der Waals surface area contributed by atoms with Crippen LogP contribution in [0, 0.1) is 5.82 Å². The van der Waals surface area contributed by atoms with Crippen LogP contribution in [-0.4, -0.2) is 25.5 Å². The zero-order valence-corrected chi connectivity index (χ0v) is 13.7. The third-order valence-electron chi connectivity index (χ3n) is 3.90. The Hall–Kier alpha value is -2.08. The number of para-hydroxylation sites is 1. The summed E-state index contributed by atoms with van der Waals surface area (Å²) >= 11 is 1.60. The van der Waals surface area contributed by atoms with Crippen molar-refractivity contribution in [3.05, 3.63) is 46.4 Å². The van der Waals surface area contributed by atoms with Crippen LogP contribution < -0.4 is 15.5 Å². The minimum atomic E-state index is -0.319.